The summed E-state index contributed by atoms with van der Waals surface area (Å²) in [6.45, 7) is 4.04. The fourth-order valence-corrected chi connectivity index (χ4v) is 6.99. The van der Waals surface area contributed by atoms with Crippen LogP contribution in [0.1, 0.15) is 38.2 Å². The number of pyridine rings is 1. The zero-order valence-corrected chi connectivity index (χ0v) is 26.2. The number of amides is 1. The Labute approximate surface area is 261 Å². The number of benzene rings is 1. The van der Waals surface area contributed by atoms with Gasteiger partial charge in [0, 0.05) is 35.5 Å². The lowest BCUT2D eigenvalue weighted by atomic mass is 9.68. The van der Waals surface area contributed by atoms with Crippen LogP contribution >= 0.6 is 34.7 Å². The molecule has 0 saturated heterocycles. The summed E-state index contributed by atoms with van der Waals surface area (Å²) < 4.78 is 11.5. The van der Waals surface area contributed by atoms with E-state index in [1.807, 2.05) is 13.8 Å². The van der Waals surface area contributed by atoms with Gasteiger partial charge in [-0.15, -0.1) is 10.2 Å². The van der Waals surface area contributed by atoms with Crippen LogP contribution in [0.15, 0.2) is 63.5 Å². The Bertz CT molecular complexity index is 1700. The molecular weight excluding hydrogens is 610 g/mol. The van der Waals surface area contributed by atoms with E-state index in [0.29, 0.717) is 61.5 Å². The molecule has 0 radical (unpaired) electrons. The van der Waals surface area contributed by atoms with Crippen LogP contribution in [-0.2, 0) is 9.59 Å². The van der Waals surface area contributed by atoms with Crippen molar-refractivity contribution in [1.29, 1.82) is 5.26 Å². The molecule has 43 heavy (non-hydrogen) atoms. The van der Waals surface area contributed by atoms with E-state index < -0.39 is 5.92 Å². The third-order valence-corrected chi connectivity index (χ3v) is 9.31. The molecule has 5 rings (SSSR count). The highest BCUT2D eigenvalue weighted by Crippen LogP contribution is 2.52. The second-order valence-electron chi connectivity index (χ2n) is 10.6. The summed E-state index contributed by atoms with van der Waals surface area (Å²) in [4.78, 5) is 32.1. The van der Waals surface area contributed by atoms with Crippen LogP contribution in [0.5, 0.6) is 11.5 Å². The number of thioether (sulfide) groups is 1. The fourth-order valence-electron chi connectivity index (χ4n) is 5.20. The molecule has 0 fully saturated rings. The Balaban J connectivity index is 1.50. The maximum atomic E-state index is 13.8. The van der Waals surface area contributed by atoms with Crippen molar-refractivity contribution in [2.45, 2.75) is 36.9 Å². The van der Waals surface area contributed by atoms with Gasteiger partial charge in [-0.2, -0.15) is 5.26 Å². The number of nitrogens with zero attached hydrogens (tertiary/aromatic N) is 5. The molecule has 1 unspecified atom stereocenters. The van der Waals surface area contributed by atoms with E-state index >= 15 is 0 Å². The van der Waals surface area contributed by atoms with Crippen LogP contribution in [0, 0.1) is 16.7 Å². The van der Waals surface area contributed by atoms with Gasteiger partial charge in [0.05, 0.1) is 42.6 Å². The Hall–Kier alpha value is -4.12. The molecule has 3 aromatic rings. The highest BCUT2D eigenvalue weighted by molar-refractivity contribution is 8.01. The van der Waals surface area contributed by atoms with E-state index in [-0.39, 0.29) is 34.3 Å². The minimum Gasteiger partial charge on any atom is -0.497 e. The summed E-state index contributed by atoms with van der Waals surface area (Å²) in [5, 5.41) is 22.6. The van der Waals surface area contributed by atoms with Crippen LogP contribution in [0.25, 0.3) is 0 Å². The van der Waals surface area contributed by atoms with Crippen molar-refractivity contribution in [2.24, 2.45) is 11.1 Å². The van der Waals surface area contributed by atoms with E-state index in [0.717, 1.165) is 0 Å². The summed E-state index contributed by atoms with van der Waals surface area (Å²) in [5.74, 6) is 0.580. The number of carbonyl (C=O) groups excluding carboxylic acids is 2. The number of nitrogens with one attached hydrogen (secondary N) is 1. The van der Waals surface area contributed by atoms with Gasteiger partial charge in [0.15, 0.2) is 10.1 Å². The number of nitrogens with two attached hydrogens (primary N) is 1. The molecular formula is C29H28ClN7O4S2. The third-order valence-electron chi connectivity index (χ3n) is 7.04. The molecule has 3 heterocycles. The number of hydrogen-bond donors (Lipinski definition) is 2. The molecule has 14 heteroatoms. The zero-order valence-electron chi connectivity index (χ0n) is 23.8. The first kappa shape index (κ1) is 30.3. The fraction of sp³-hybridized carbons (Fsp3) is 0.310. The third kappa shape index (κ3) is 6.17. The van der Waals surface area contributed by atoms with Crippen molar-refractivity contribution < 1.29 is 19.1 Å². The first-order valence-electron chi connectivity index (χ1n) is 13.1. The van der Waals surface area contributed by atoms with Crippen LogP contribution in [0.3, 0.4) is 0 Å². The van der Waals surface area contributed by atoms with Crippen molar-refractivity contribution in [1.82, 2.24) is 15.2 Å². The Morgan fingerprint density at radius 2 is 2.05 bits per heavy atom. The summed E-state index contributed by atoms with van der Waals surface area (Å²) >= 11 is 8.27. The summed E-state index contributed by atoms with van der Waals surface area (Å²) in [5.41, 5.74) is 8.36. The minimum atomic E-state index is -0.729. The molecule has 1 aliphatic carbocycles. The molecule has 1 atom stereocenters. The second kappa shape index (κ2) is 12.2. The summed E-state index contributed by atoms with van der Waals surface area (Å²) in [6.07, 6.45) is 2.27. The molecule has 1 aromatic carbocycles. The number of ketones is 1. The standard InChI is InChI=1S/C29H28ClN7O4S2/c1-29(2)10-19-25(20(38)11-29)24(17-7-6-16(40-3)9-21(17)41-4)18(12-31)26(32)37(19)27-35-36-28(43-27)42-14-23(39)34-22-8-5-15(30)13-33-22/h5-9,13,24H,10-11,14,32H2,1-4H3,(H,33,34,39). The Kier molecular flexibility index (Phi) is 8.64. The number of allylic oxidation sites excluding steroid dienone is 3. The smallest absolute Gasteiger partial charge is 0.235 e. The van der Waals surface area contributed by atoms with Gasteiger partial charge in [-0.3, -0.25) is 14.5 Å². The van der Waals surface area contributed by atoms with Gasteiger partial charge in [-0.25, -0.2) is 4.98 Å². The van der Waals surface area contributed by atoms with Crippen molar-refractivity contribution in [2.75, 3.05) is 30.2 Å². The monoisotopic (exact) mass is 637 g/mol. The number of hydrogen-bond acceptors (Lipinski definition) is 12. The highest BCUT2D eigenvalue weighted by atomic mass is 35.5. The first-order chi connectivity index (χ1) is 20.5. The molecule has 1 aliphatic heterocycles. The quantitative estimate of drug-likeness (QED) is 0.310. The molecule has 3 N–H and O–H groups in total. The number of halogens is 1. The topological polar surface area (TPSA) is 156 Å². The maximum Gasteiger partial charge on any atom is 0.235 e. The van der Waals surface area contributed by atoms with Gasteiger partial charge in [-0.05, 0) is 30.0 Å². The predicted octanol–water partition coefficient (Wildman–Crippen LogP) is 5.28. The average molecular weight is 638 g/mol. The first-order valence-corrected chi connectivity index (χ1v) is 15.3. The number of rotatable bonds is 8. The summed E-state index contributed by atoms with van der Waals surface area (Å²) in [7, 11) is 3.08. The lowest BCUT2D eigenvalue weighted by Gasteiger charge is -2.42. The largest absolute Gasteiger partial charge is 0.497 e. The molecule has 2 aliphatic rings. The van der Waals surface area contributed by atoms with E-state index in [2.05, 4.69) is 26.6 Å². The van der Waals surface area contributed by atoms with Gasteiger partial charge >= 0.3 is 0 Å². The lowest BCUT2D eigenvalue weighted by Crippen LogP contribution is -2.42. The lowest BCUT2D eigenvalue weighted by molar-refractivity contribution is -0.118. The van der Waals surface area contributed by atoms with Gasteiger partial charge in [-0.1, -0.05) is 54.6 Å². The predicted molar refractivity (Wildman–Crippen MR) is 165 cm³/mol. The maximum absolute atomic E-state index is 13.8. The number of nitriles is 1. The average Bonchev–Trinajstić information content (AvgIpc) is 3.44. The normalized spacial score (nSPS) is 17.8. The van der Waals surface area contributed by atoms with Gasteiger partial charge in [0.25, 0.3) is 0 Å². The number of aromatic nitrogens is 3. The SMILES string of the molecule is COc1ccc(C2C(C#N)=C(N)N(c3nnc(SCC(=O)Nc4ccc(Cl)cn4)s3)C3=C2C(=O)CC(C)(C)C3)c(OC)c1. The number of ether oxygens (including phenoxy) is 2. The highest BCUT2D eigenvalue weighted by Gasteiger charge is 2.46. The number of anilines is 2. The van der Waals surface area contributed by atoms with E-state index in [4.69, 9.17) is 26.8 Å². The zero-order chi connectivity index (χ0) is 30.9. The molecule has 1 amide bonds. The van der Waals surface area contributed by atoms with E-state index in [1.165, 1.54) is 36.4 Å². The molecule has 0 bridgehead atoms. The van der Waals surface area contributed by atoms with Crippen molar-refractivity contribution in [3.8, 4) is 17.6 Å². The van der Waals surface area contributed by atoms with Crippen LogP contribution in [-0.4, -0.2) is 46.8 Å². The van der Waals surface area contributed by atoms with E-state index in [9.17, 15) is 14.9 Å². The molecule has 0 saturated carbocycles. The van der Waals surface area contributed by atoms with Crippen molar-refractivity contribution in [3.63, 3.8) is 0 Å². The van der Waals surface area contributed by atoms with Crippen molar-refractivity contribution >= 4 is 57.3 Å². The van der Waals surface area contributed by atoms with E-state index in [1.54, 1.807) is 42.3 Å². The number of carbonyl (C=O) groups is 2. The number of methoxy groups -OCH3 is 2. The molecule has 11 nitrogen and oxygen atoms in total. The molecule has 222 valence electrons. The van der Waals surface area contributed by atoms with Crippen LogP contribution in [0.2, 0.25) is 5.02 Å². The second-order valence-corrected chi connectivity index (χ2v) is 13.3. The Morgan fingerprint density at radius 3 is 2.72 bits per heavy atom. The number of Topliss-reactive ketones (excluding diaryl/α,β-unsaturated/α-hetero) is 1. The minimum absolute atomic E-state index is 0.0620. The van der Waals surface area contributed by atoms with Crippen molar-refractivity contribution in [3.05, 3.63) is 69.8 Å². The Morgan fingerprint density at radius 1 is 1.26 bits per heavy atom. The molecule has 2 aromatic heterocycles. The van der Waals surface area contributed by atoms with Crippen LogP contribution in [0.4, 0.5) is 10.9 Å². The van der Waals surface area contributed by atoms with Gasteiger partial charge < -0.3 is 20.5 Å². The van der Waals surface area contributed by atoms with Crippen LogP contribution < -0.4 is 25.4 Å². The molecule has 0 spiro atoms. The van der Waals surface area contributed by atoms with Gasteiger partial charge in [0.2, 0.25) is 11.0 Å². The van der Waals surface area contributed by atoms with Gasteiger partial charge in [0.1, 0.15) is 23.1 Å². The summed E-state index contributed by atoms with van der Waals surface area (Å²) in [6, 6.07) is 10.8.